The fourth-order valence-corrected chi connectivity index (χ4v) is 6.04. The second-order valence-corrected chi connectivity index (χ2v) is 9.02. The first-order valence-corrected chi connectivity index (χ1v) is 11.5. The Morgan fingerprint density at radius 2 is 1.28 bits per heavy atom. The van der Waals surface area contributed by atoms with E-state index in [1.54, 1.807) is 0 Å². The van der Waals surface area contributed by atoms with Crippen molar-refractivity contribution < 1.29 is 24.0 Å². The van der Waals surface area contributed by atoms with Crippen LogP contribution >= 0.6 is 0 Å². The van der Waals surface area contributed by atoms with Crippen molar-refractivity contribution in [3.63, 3.8) is 0 Å². The fourth-order valence-electron chi connectivity index (χ4n) is 6.04. The van der Waals surface area contributed by atoms with E-state index in [1.807, 2.05) is 48.5 Å². The number of nitro groups is 1. The highest BCUT2D eigenvalue weighted by Crippen LogP contribution is 2.61. The number of nitro benzene ring substituents is 1. The molecule has 2 atom stereocenters. The number of methoxy groups -OCH3 is 2. The van der Waals surface area contributed by atoms with E-state index in [-0.39, 0.29) is 34.6 Å². The number of amides is 2. The molecule has 0 spiro atoms. The highest BCUT2D eigenvalue weighted by Gasteiger charge is 2.61. The van der Waals surface area contributed by atoms with Gasteiger partial charge in [-0.2, -0.15) is 10.1 Å². The normalized spacial score (nSPS) is 23.4. The van der Waals surface area contributed by atoms with Crippen LogP contribution in [0.5, 0.6) is 11.5 Å². The number of carbonyl (C=O) groups excluding carboxylic acids is 2. The first kappa shape index (κ1) is 22.0. The molecular formula is C27H21N3O6. The number of ether oxygens (including phenoxy) is 2. The maximum atomic E-state index is 13.6. The summed E-state index contributed by atoms with van der Waals surface area (Å²) in [5.41, 5.74) is 4.04. The average Bonchev–Trinajstić information content (AvgIpc) is 3.16. The first-order valence-electron chi connectivity index (χ1n) is 11.5. The highest BCUT2D eigenvalue weighted by atomic mass is 16.6. The number of hydrogen-bond donors (Lipinski definition) is 0. The monoisotopic (exact) mass is 483 g/mol. The molecule has 2 amide bonds. The Hall–Kier alpha value is -4.53. The highest BCUT2D eigenvalue weighted by molar-refractivity contribution is 6.08. The molecule has 1 fully saturated rings. The molecule has 3 aliphatic carbocycles. The van der Waals surface area contributed by atoms with E-state index in [2.05, 4.69) is 5.10 Å². The summed E-state index contributed by atoms with van der Waals surface area (Å²) in [5.74, 6) is -2.01. The molecule has 4 aliphatic rings. The minimum Gasteiger partial charge on any atom is -0.493 e. The molecule has 3 aromatic rings. The van der Waals surface area contributed by atoms with Crippen LogP contribution in [0.15, 0.2) is 65.8 Å². The van der Waals surface area contributed by atoms with Crippen LogP contribution in [-0.2, 0) is 9.59 Å². The summed E-state index contributed by atoms with van der Waals surface area (Å²) in [6.07, 6.45) is 1.16. The number of hydrogen-bond acceptors (Lipinski definition) is 7. The van der Waals surface area contributed by atoms with Crippen molar-refractivity contribution in [1.82, 2.24) is 5.01 Å². The van der Waals surface area contributed by atoms with Crippen LogP contribution < -0.4 is 9.47 Å². The van der Waals surface area contributed by atoms with E-state index in [0.29, 0.717) is 0 Å². The molecule has 36 heavy (non-hydrogen) atoms. The molecule has 9 heteroatoms. The molecule has 7 rings (SSSR count). The van der Waals surface area contributed by atoms with Crippen molar-refractivity contribution in [2.45, 2.75) is 11.8 Å². The van der Waals surface area contributed by atoms with Gasteiger partial charge < -0.3 is 9.47 Å². The van der Waals surface area contributed by atoms with Crippen LogP contribution in [0.2, 0.25) is 0 Å². The van der Waals surface area contributed by atoms with Crippen molar-refractivity contribution in [2.24, 2.45) is 16.9 Å². The van der Waals surface area contributed by atoms with Gasteiger partial charge in [0, 0.05) is 11.8 Å². The number of rotatable bonds is 5. The van der Waals surface area contributed by atoms with Crippen LogP contribution in [0.3, 0.4) is 0 Å². The molecule has 0 saturated carbocycles. The van der Waals surface area contributed by atoms with Crippen molar-refractivity contribution in [2.75, 3.05) is 14.2 Å². The number of carbonyl (C=O) groups is 2. The van der Waals surface area contributed by atoms with Gasteiger partial charge in [0.25, 0.3) is 17.5 Å². The Bertz CT molecular complexity index is 1370. The van der Waals surface area contributed by atoms with Gasteiger partial charge in [-0.3, -0.25) is 19.7 Å². The molecule has 3 aromatic carbocycles. The lowest BCUT2D eigenvalue weighted by Crippen LogP contribution is -2.41. The zero-order valence-electron chi connectivity index (χ0n) is 19.5. The minimum absolute atomic E-state index is 0.0858. The lowest BCUT2D eigenvalue weighted by atomic mass is 9.55. The molecule has 9 nitrogen and oxygen atoms in total. The number of hydrazone groups is 1. The number of nitrogens with zero attached hydrogens (tertiary/aromatic N) is 3. The second kappa shape index (κ2) is 8.01. The molecule has 1 aliphatic heterocycles. The molecule has 0 N–H and O–H groups in total. The Labute approximate surface area is 206 Å². The lowest BCUT2D eigenvalue weighted by molar-refractivity contribution is -0.385. The predicted octanol–water partition coefficient (Wildman–Crippen LogP) is 3.84. The minimum atomic E-state index is -0.579. The van der Waals surface area contributed by atoms with Gasteiger partial charge in [-0.1, -0.05) is 48.5 Å². The van der Waals surface area contributed by atoms with E-state index in [1.165, 1.54) is 26.4 Å². The first-order chi connectivity index (χ1) is 17.5. The van der Waals surface area contributed by atoms with Crippen molar-refractivity contribution in [3.05, 3.63) is 98.6 Å². The van der Waals surface area contributed by atoms with E-state index >= 15 is 0 Å². The zero-order chi connectivity index (χ0) is 25.1. The molecule has 0 aromatic heterocycles. The SMILES string of the molecule is COc1cc(/C=N\N2C(=O)[C@H]3C4c5ccccc5C(c5ccccc54)[C@@H]3C2=O)c([N+](=O)[O-])cc1OC. The fraction of sp³-hybridized carbons (Fsp3) is 0.222. The van der Waals surface area contributed by atoms with Gasteiger partial charge in [-0.25, -0.2) is 0 Å². The van der Waals surface area contributed by atoms with Gasteiger partial charge in [0.1, 0.15) is 0 Å². The van der Waals surface area contributed by atoms with Crippen molar-refractivity contribution >= 4 is 23.7 Å². The van der Waals surface area contributed by atoms with Gasteiger partial charge in [0.15, 0.2) is 11.5 Å². The van der Waals surface area contributed by atoms with E-state index in [9.17, 15) is 19.7 Å². The Balaban J connectivity index is 1.42. The summed E-state index contributed by atoms with van der Waals surface area (Å²) in [5, 5.41) is 16.7. The largest absolute Gasteiger partial charge is 0.493 e. The van der Waals surface area contributed by atoms with Gasteiger partial charge in [0.05, 0.1) is 48.8 Å². The maximum Gasteiger partial charge on any atom is 0.282 e. The van der Waals surface area contributed by atoms with Gasteiger partial charge >= 0.3 is 0 Å². The quantitative estimate of drug-likeness (QED) is 0.236. The molecule has 2 bridgehead atoms. The second-order valence-electron chi connectivity index (χ2n) is 9.02. The summed E-state index contributed by atoms with van der Waals surface area (Å²) in [7, 11) is 2.79. The van der Waals surface area contributed by atoms with Crippen LogP contribution in [0.1, 0.15) is 39.7 Å². The van der Waals surface area contributed by atoms with Crippen LogP contribution in [0.4, 0.5) is 5.69 Å². The molecular weight excluding hydrogens is 462 g/mol. The van der Waals surface area contributed by atoms with E-state index < -0.39 is 28.6 Å². The summed E-state index contributed by atoms with van der Waals surface area (Å²) < 4.78 is 10.4. The molecule has 180 valence electrons. The average molecular weight is 483 g/mol. The third-order valence-electron chi connectivity index (χ3n) is 7.47. The third-order valence-corrected chi connectivity index (χ3v) is 7.47. The number of benzene rings is 3. The summed E-state index contributed by atoms with van der Waals surface area (Å²) in [6.45, 7) is 0. The topological polar surface area (TPSA) is 111 Å². The smallest absolute Gasteiger partial charge is 0.282 e. The summed E-state index contributed by atoms with van der Waals surface area (Å²) in [6, 6.07) is 18.5. The molecule has 0 radical (unpaired) electrons. The summed E-state index contributed by atoms with van der Waals surface area (Å²) in [4.78, 5) is 38.4. The van der Waals surface area contributed by atoms with Gasteiger partial charge in [0.2, 0.25) is 0 Å². The van der Waals surface area contributed by atoms with E-state index in [0.717, 1.165) is 33.5 Å². The Morgan fingerprint density at radius 3 is 1.69 bits per heavy atom. The van der Waals surface area contributed by atoms with Crippen LogP contribution in [0, 0.1) is 22.0 Å². The standard InChI is InChI=1S/C27H21N3O6/c1-35-20-11-14(19(30(33)34)12-21(20)36-2)13-28-29-26(31)24-22-15-7-3-4-8-16(15)23(25(24)27(29)32)18-10-6-5-9-17(18)22/h3-13,22-25H,1-2H3/b28-13-/t22?,23?,24-,25-/m0/s1. The third kappa shape index (κ3) is 2.92. The van der Waals surface area contributed by atoms with E-state index in [4.69, 9.17) is 9.47 Å². The van der Waals surface area contributed by atoms with Gasteiger partial charge in [-0.05, 0) is 28.3 Å². The van der Waals surface area contributed by atoms with Gasteiger partial charge in [-0.15, -0.1) is 0 Å². The van der Waals surface area contributed by atoms with Crippen LogP contribution in [0.25, 0.3) is 0 Å². The maximum absolute atomic E-state index is 13.6. The predicted molar refractivity (Wildman–Crippen MR) is 129 cm³/mol. The molecule has 1 saturated heterocycles. The lowest BCUT2D eigenvalue weighted by Gasteiger charge is -2.45. The molecule has 0 unspecified atom stereocenters. The van der Waals surface area contributed by atoms with Crippen molar-refractivity contribution in [1.29, 1.82) is 0 Å². The molecule has 1 heterocycles. The number of imide groups is 1. The zero-order valence-corrected chi connectivity index (χ0v) is 19.5. The summed E-state index contributed by atoms with van der Waals surface area (Å²) >= 11 is 0. The van der Waals surface area contributed by atoms with Crippen LogP contribution in [-0.4, -0.2) is 42.2 Å². The Kier molecular flexibility index (Phi) is 4.89. The Morgan fingerprint density at radius 1 is 0.833 bits per heavy atom. The van der Waals surface area contributed by atoms with Crippen molar-refractivity contribution in [3.8, 4) is 11.5 Å².